The third-order valence-corrected chi connectivity index (χ3v) is 5.91. The highest BCUT2D eigenvalue weighted by Crippen LogP contribution is 2.33. The number of thioether (sulfide) groups is 1. The van der Waals surface area contributed by atoms with Gasteiger partial charge in [-0.05, 0) is 36.1 Å². The largest absolute Gasteiger partial charge is 0.316 e. The van der Waals surface area contributed by atoms with E-state index in [1.54, 1.807) is 12.1 Å². The van der Waals surface area contributed by atoms with Gasteiger partial charge in [0.1, 0.15) is 6.54 Å². The van der Waals surface area contributed by atoms with Crippen LogP contribution in [-0.4, -0.2) is 43.5 Å². The Balaban J connectivity index is 1.58. The molecule has 8 heteroatoms. The number of nitrogens with one attached hydrogen (secondary N) is 1. The Bertz CT molecular complexity index is 884. The van der Waals surface area contributed by atoms with Crippen molar-refractivity contribution in [2.45, 2.75) is 6.04 Å². The van der Waals surface area contributed by atoms with Crippen molar-refractivity contribution in [2.24, 2.45) is 0 Å². The molecule has 0 saturated heterocycles. The summed E-state index contributed by atoms with van der Waals surface area (Å²) in [6, 6.07) is 16.8. The van der Waals surface area contributed by atoms with E-state index in [2.05, 4.69) is 26.9 Å². The maximum Gasteiger partial charge on any atom is 0.316 e. The topological polar surface area (TPSA) is 61.4 Å². The average molecular weight is 385 g/mol. The first-order valence-corrected chi connectivity index (χ1v) is 9.67. The van der Waals surface area contributed by atoms with Gasteiger partial charge in [-0.1, -0.05) is 30.3 Å². The number of hydrogen-bond acceptors (Lipinski definition) is 4. The fourth-order valence-corrected chi connectivity index (χ4v) is 4.85. The molecule has 0 aromatic heterocycles. The number of thiocarbonyl (C=S) groups is 1. The molecule has 2 aromatic carbocycles. The van der Waals surface area contributed by atoms with E-state index in [4.69, 9.17) is 12.2 Å². The normalized spacial score (nSPS) is 18.8. The molecule has 2 heterocycles. The second-order valence-electron chi connectivity index (χ2n) is 6.11. The minimum atomic E-state index is -0.406. The van der Waals surface area contributed by atoms with Crippen LogP contribution in [0.1, 0.15) is 11.6 Å². The van der Waals surface area contributed by atoms with Gasteiger partial charge in [-0.15, -0.1) is 0 Å². The Morgan fingerprint density at radius 3 is 2.65 bits per heavy atom. The summed E-state index contributed by atoms with van der Waals surface area (Å²) in [5.41, 5.74) is 2.04. The third-order valence-electron chi connectivity index (χ3n) is 4.51. The van der Waals surface area contributed by atoms with E-state index in [1.807, 2.05) is 30.0 Å². The number of nitro groups is 1. The van der Waals surface area contributed by atoms with Crippen LogP contribution in [0, 0.1) is 10.1 Å². The molecule has 2 aliphatic heterocycles. The molecule has 0 spiro atoms. The molecule has 0 saturated carbocycles. The first kappa shape index (κ1) is 17.0. The van der Waals surface area contributed by atoms with E-state index in [0.717, 1.165) is 24.5 Å². The molecule has 4 rings (SSSR count). The van der Waals surface area contributed by atoms with Gasteiger partial charge in [-0.2, -0.15) is 4.90 Å². The molecule has 26 heavy (non-hydrogen) atoms. The minimum Gasteiger partial charge on any atom is -0.313 e. The predicted octanol–water partition coefficient (Wildman–Crippen LogP) is 3.46. The molecule has 1 N–H and O–H groups in total. The zero-order chi connectivity index (χ0) is 18.1. The molecule has 6 nitrogen and oxygen atoms in total. The van der Waals surface area contributed by atoms with E-state index < -0.39 is 4.92 Å². The molecule has 0 amide bonds. The highest BCUT2D eigenvalue weighted by atomic mass is 32.2. The van der Waals surface area contributed by atoms with Crippen molar-refractivity contribution in [3.63, 3.8) is 0 Å². The number of nitrogens with zero attached hydrogens (tertiary/aromatic N) is 3. The second-order valence-corrected chi connectivity index (χ2v) is 7.56. The average Bonchev–Trinajstić information content (AvgIpc) is 3.23. The number of nitro benzene ring substituents is 1. The van der Waals surface area contributed by atoms with Gasteiger partial charge < -0.3 is 5.32 Å². The van der Waals surface area contributed by atoms with Crippen LogP contribution in [0.4, 0.5) is 11.4 Å². The summed E-state index contributed by atoms with van der Waals surface area (Å²) in [7, 11) is 0. The molecule has 0 fully saturated rings. The Labute approximate surface area is 160 Å². The highest BCUT2D eigenvalue weighted by molar-refractivity contribution is 8.13. The highest BCUT2D eigenvalue weighted by Gasteiger charge is 2.46. The molecule has 2 aromatic rings. The van der Waals surface area contributed by atoms with Crippen LogP contribution in [0.5, 0.6) is 0 Å². The number of benzene rings is 2. The number of non-ortho nitro benzene ring substituents is 1. The number of hydrogen-bond donors (Lipinski definition) is 1. The summed E-state index contributed by atoms with van der Waals surface area (Å²) in [5.74, 6) is 1.06. The molecule has 132 valence electrons. The van der Waals surface area contributed by atoms with Crippen molar-refractivity contribution in [2.75, 3.05) is 24.2 Å². The van der Waals surface area contributed by atoms with Gasteiger partial charge in [-0.3, -0.25) is 14.7 Å². The number of rotatable bonds is 3. The predicted molar refractivity (Wildman–Crippen MR) is 108 cm³/mol. The monoisotopic (exact) mass is 385 g/mol. The summed E-state index contributed by atoms with van der Waals surface area (Å²) in [6.45, 7) is 1.94. The lowest BCUT2D eigenvalue weighted by Crippen LogP contribution is -2.38. The van der Waals surface area contributed by atoms with Crippen LogP contribution in [-0.2, 0) is 0 Å². The Morgan fingerprint density at radius 1 is 1.23 bits per heavy atom. The molecule has 1 unspecified atom stereocenters. The van der Waals surface area contributed by atoms with Gasteiger partial charge in [0, 0.05) is 29.1 Å². The first-order chi connectivity index (χ1) is 12.6. The SMILES string of the molecule is O=[N+]([O-])c1ccc(NC(=S)N2C3=[N+](CCS3)CC2c2ccccc2)cc1. The van der Waals surface area contributed by atoms with Crippen LogP contribution in [0.3, 0.4) is 0 Å². The van der Waals surface area contributed by atoms with Gasteiger partial charge >= 0.3 is 5.17 Å². The first-order valence-electron chi connectivity index (χ1n) is 8.28. The zero-order valence-electron chi connectivity index (χ0n) is 13.9. The summed E-state index contributed by atoms with van der Waals surface area (Å²) in [5, 5.41) is 15.8. The molecule has 1 atom stereocenters. The quantitative estimate of drug-likeness (QED) is 0.378. The summed E-state index contributed by atoms with van der Waals surface area (Å²) in [4.78, 5) is 12.6. The van der Waals surface area contributed by atoms with E-state index in [1.165, 1.54) is 22.9 Å². The number of amidine groups is 1. The fourth-order valence-electron chi connectivity index (χ4n) is 3.26. The maximum absolute atomic E-state index is 10.8. The van der Waals surface area contributed by atoms with Crippen molar-refractivity contribution < 1.29 is 9.50 Å². The lowest BCUT2D eigenvalue weighted by atomic mass is 10.1. The van der Waals surface area contributed by atoms with Gasteiger partial charge in [-0.25, -0.2) is 0 Å². The van der Waals surface area contributed by atoms with Crippen LogP contribution in [0.25, 0.3) is 0 Å². The summed E-state index contributed by atoms with van der Waals surface area (Å²) in [6.07, 6.45) is 0. The van der Waals surface area contributed by atoms with Gasteiger partial charge in [0.2, 0.25) is 0 Å². The Kier molecular flexibility index (Phi) is 4.60. The smallest absolute Gasteiger partial charge is 0.313 e. The van der Waals surface area contributed by atoms with Crippen molar-refractivity contribution in [3.05, 3.63) is 70.3 Å². The maximum atomic E-state index is 10.8. The summed E-state index contributed by atoms with van der Waals surface area (Å²) >= 11 is 7.52. The van der Waals surface area contributed by atoms with Crippen molar-refractivity contribution in [1.82, 2.24) is 4.90 Å². The van der Waals surface area contributed by atoms with Gasteiger partial charge in [0.05, 0.1) is 11.5 Å². The third kappa shape index (κ3) is 3.17. The molecular formula is C18H17N4O2S2+. The Morgan fingerprint density at radius 2 is 1.96 bits per heavy atom. The molecule has 0 bridgehead atoms. The lowest BCUT2D eigenvalue weighted by molar-refractivity contribution is -0.511. The van der Waals surface area contributed by atoms with E-state index >= 15 is 0 Å². The van der Waals surface area contributed by atoms with Gasteiger partial charge in [0.25, 0.3) is 10.8 Å². The van der Waals surface area contributed by atoms with E-state index in [9.17, 15) is 10.1 Å². The van der Waals surface area contributed by atoms with Crippen molar-refractivity contribution in [3.8, 4) is 0 Å². The van der Waals surface area contributed by atoms with Crippen LogP contribution < -0.4 is 5.32 Å². The van der Waals surface area contributed by atoms with Crippen LogP contribution in [0.2, 0.25) is 0 Å². The zero-order valence-corrected chi connectivity index (χ0v) is 15.5. The fraction of sp³-hybridized carbons (Fsp3) is 0.222. The van der Waals surface area contributed by atoms with E-state index in [-0.39, 0.29) is 11.7 Å². The molecular weight excluding hydrogens is 368 g/mol. The molecule has 0 radical (unpaired) electrons. The van der Waals surface area contributed by atoms with Gasteiger partial charge in [0.15, 0.2) is 6.04 Å². The second kappa shape index (κ2) is 7.05. The molecule has 0 aliphatic carbocycles. The minimum absolute atomic E-state index is 0.0664. The van der Waals surface area contributed by atoms with Crippen LogP contribution >= 0.6 is 24.0 Å². The lowest BCUT2D eigenvalue weighted by Gasteiger charge is -2.21. The standard InChI is InChI=1S/C18H16N4O2S2/c23-22(24)15-8-6-14(7-9-15)19-17(25)21-16(13-4-2-1-3-5-13)12-20-10-11-26-18(20)21/h1-9,16H,10-12H2/p+1. The van der Waals surface area contributed by atoms with E-state index in [0.29, 0.717) is 5.11 Å². The number of anilines is 1. The van der Waals surface area contributed by atoms with Crippen molar-refractivity contribution >= 4 is 45.6 Å². The molecule has 2 aliphatic rings. The van der Waals surface area contributed by atoms with Crippen LogP contribution in [0.15, 0.2) is 54.6 Å². The van der Waals surface area contributed by atoms with Crippen molar-refractivity contribution in [1.29, 1.82) is 0 Å². The Hall–Kier alpha value is -2.45. The summed E-state index contributed by atoms with van der Waals surface area (Å²) < 4.78 is 2.37.